The Morgan fingerprint density at radius 1 is 1.78 bits per heavy atom. The topological polar surface area (TPSA) is 45.8 Å². The van der Waals surface area contributed by atoms with E-state index >= 15 is 0 Å². The molecule has 1 rings (SSSR count). The number of aromatic amines is 1. The van der Waals surface area contributed by atoms with Crippen molar-refractivity contribution < 1.29 is 4.79 Å². The maximum Gasteiger partial charge on any atom is 0.170 e. The van der Waals surface area contributed by atoms with Gasteiger partial charge in [0.15, 0.2) is 10.1 Å². The molecule has 0 spiro atoms. The molecule has 0 amide bonds. The van der Waals surface area contributed by atoms with Crippen LogP contribution in [-0.4, -0.2) is 16.3 Å². The van der Waals surface area contributed by atoms with Crippen LogP contribution in [0.25, 0.3) is 0 Å². The summed E-state index contributed by atoms with van der Waals surface area (Å²) in [7, 11) is 0. The van der Waals surface area contributed by atoms with Crippen LogP contribution in [0, 0.1) is 10.8 Å². The number of nitrogens with zero attached hydrogens (tertiary/aromatic N) is 1. The first kappa shape index (κ1) is 6.73. The van der Waals surface area contributed by atoms with E-state index in [-0.39, 0.29) is 0 Å². The molecule has 0 bridgehead atoms. The molecule has 0 unspecified atom stereocenters. The first-order valence-corrected chi connectivity index (χ1v) is 3.49. The number of halogens is 1. The summed E-state index contributed by atoms with van der Waals surface area (Å²) in [5, 5.41) is 0. The van der Waals surface area contributed by atoms with Gasteiger partial charge >= 0.3 is 0 Å². The van der Waals surface area contributed by atoms with Gasteiger partial charge in [-0.15, -0.1) is 0 Å². The number of carbonyl (C=O) groups excluding carboxylic acids is 1. The summed E-state index contributed by atoms with van der Waals surface area (Å²) in [5.74, 6) is 0. The van der Waals surface area contributed by atoms with E-state index in [4.69, 9.17) is 0 Å². The number of aryl methyl sites for hydroxylation is 1. The van der Waals surface area contributed by atoms with Gasteiger partial charge in [0, 0.05) is 5.69 Å². The predicted octanol–water partition coefficient (Wildman–Crippen LogP) is 1.14. The predicted molar refractivity (Wildman–Crippen MR) is 41.4 cm³/mol. The van der Waals surface area contributed by atoms with Gasteiger partial charge in [-0.25, -0.2) is 4.98 Å². The average Bonchev–Trinajstić information content (AvgIpc) is 2.10. The molecule has 0 fully saturated rings. The highest BCUT2D eigenvalue weighted by atomic mass is 127. The zero-order valence-electron chi connectivity index (χ0n) is 4.81. The van der Waals surface area contributed by atoms with E-state index in [1.165, 1.54) is 0 Å². The molecule has 0 aliphatic rings. The van der Waals surface area contributed by atoms with Gasteiger partial charge in [0.05, 0.1) is 0 Å². The van der Waals surface area contributed by atoms with Crippen LogP contribution in [0.2, 0.25) is 0 Å². The van der Waals surface area contributed by atoms with Crippen molar-refractivity contribution in [2.75, 3.05) is 0 Å². The Morgan fingerprint density at radius 3 is 2.67 bits per heavy atom. The van der Waals surface area contributed by atoms with Crippen molar-refractivity contribution in [3.05, 3.63) is 15.2 Å². The molecule has 0 radical (unpaired) electrons. The van der Waals surface area contributed by atoms with Gasteiger partial charge in [-0.3, -0.25) is 4.79 Å². The second-order valence-electron chi connectivity index (χ2n) is 1.66. The summed E-state index contributed by atoms with van der Waals surface area (Å²) in [6.45, 7) is 1.82. The fourth-order valence-electron chi connectivity index (χ4n) is 0.551. The number of imidazole rings is 1. The van der Waals surface area contributed by atoms with Gasteiger partial charge in [-0.2, -0.15) is 0 Å². The summed E-state index contributed by atoms with van der Waals surface area (Å²) in [6.07, 6.45) is 0.744. The van der Waals surface area contributed by atoms with E-state index < -0.39 is 0 Å². The Morgan fingerprint density at radius 2 is 2.44 bits per heavy atom. The van der Waals surface area contributed by atoms with E-state index in [9.17, 15) is 4.79 Å². The molecule has 0 aliphatic heterocycles. The first-order valence-electron chi connectivity index (χ1n) is 2.41. The standard InChI is InChI=1S/C5H5IN2O/c1-3-4(2-9)8-5(6)7-3/h2H,1H3,(H,7,8). The van der Waals surface area contributed by atoms with Crippen LogP contribution in [0.1, 0.15) is 16.2 Å². The Balaban J connectivity index is 3.15. The molecule has 0 saturated heterocycles. The summed E-state index contributed by atoms with van der Waals surface area (Å²) < 4.78 is 0.757. The third-order valence-electron chi connectivity index (χ3n) is 1.01. The minimum atomic E-state index is 0.499. The Bertz CT molecular complexity index is 231. The molecule has 1 aromatic rings. The van der Waals surface area contributed by atoms with Gasteiger partial charge < -0.3 is 4.98 Å². The van der Waals surface area contributed by atoms with Crippen molar-refractivity contribution in [1.29, 1.82) is 0 Å². The number of aldehydes is 1. The molecule has 9 heavy (non-hydrogen) atoms. The van der Waals surface area contributed by atoms with E-state index in [1.54, 1.807) is 0 Å². The Hall–Kier alpha value is -0.390. The zero-order valence-corrected chi connectivity index (χ0v) is 6.97. The Kier molecular flexibility index (Phi) is 1.84. The van der Waals surface area contributed by atoms with Crippen molar-refractivity contribution in [3.63, 3.8) is 0 Å². The smallest absolute Gasteiger partial charge is 0.170 e. The highest BCUT2D eigenvalue weighted by molar-refractivity contribution is 14.1. The normalized spacial score (nSPS) is 9.56. The van der Waals surface area contributed by atoms with Crippen LogP contribution in [0.5, 0.6) is 0 Å². The molecular weight excluding hydrogens is 231 g/mol. The number of hydrogen-bond acceptors (Lipinski definition) is 2. The molecular formula is C5H5IN2O. The maximum atomic E-state index is 10.2. The van der Waals surface area contributed by atoms with Crippen LogP contribution in [0.15, 0.2) is 0 Å². The molecule has 1 aromatic heterocycles. The van der Waals surface area contributed by atoms with E-state index in [0.29, 0.717) is 5.69 Å². The van der Waals surface area contributed by atoms with E-state index in [2.05, 4.69) is 9.97 Å². The van der Waals surface area contributed by atoms with Crippen LogP contribution in [0.3, 0.4) is 0 Å². The van der Waals surface area contributed by atoms with Gasteiger partial charge in [-0.05, 0) is 29.5 Å². The number of rotatable bonds is 1. The average molecular weight is 236 g/mol. The quantitative estimate of drug-likeness (QED) is 0.586. The second kappa shape index (κ2) is 2.47. The largest absolute Gasteiger partial charge is 0.337 e. The Labute approximate surface area is 66.0 Å². The number of carbonyl (C=O) groups is 1. The molecule has 0 aliphatic carbocycles. The van der Waals surface area contributed by atoms with Gasteiger partial charge in [0.2, 0.25) is 0 Å². The number of aromatic nitrogens is 2. The van der Waals surface area contributed by atoms with Crippen molar-refractivity contribution in [2.24, 2.45) is 0 Å². The monoisotopic (exact) mass is 236 g/mol. The molecule has 1 heterocycles. The SMILES string of the molecule is Cc1[nH]c(I)nc1C=O. The summed E-state index contributed by atoms with van der Waals surface area (Å²) in [4.78, 5) is 16.9. The zero-order chi connectivity index (χ0) is 6.85. The number of H-pyrrole nitrogens is 1. The van der Waals surface area contributed by atoms with Gasteiger partial charge in [-0.1, -0.05) is 0 Å². The fourth-order valence-corrected chi connectivity index (χ4v) is 1.22. The summed E-state index contributed by atoms with van der Waals surface area (Å²) >= 11 is 2.02. The lowest BCUT2D eigenvalue weighted by Crippen LogP contribution is -1.81. The minimum absolute atomic E-state index is 0.499. The van der Waals surface area contributed by atoms with Crippen LogP contribution < -0.4 is 0 Å². The fraction of sp³-hybridized carbons (Fsp3) is 0.200. The molecule has 1 N–H and O–H groups in total. The lowest BCUT2D eigenvalue weighted by molar-refractivity contribution is 0.111. The lowest BCUT2D eigenvalue weighted by Gasteiger charge is -1.78. The lowest BCUT2D eigenvalue weighted by atomic mass is 10.4. The van der Waals surface area contributed by atoms with Crippen LogP contribution >= 0.6 is 22.6 Å². The van der Waals surface area contributed by atoms with E-state index in [1.807, 2.05) is 29.5 Å². The number of nitrogens with one attached hydrogen (secondary N) is 1. The highest BCUT2D eigenvalue weighted by Gasteiger charge is 2.00. The molecule has 0 atom stereocenters. The molecule has 48 valence electrons. The molecule has 4 heteroatoms. The first-order chi connectivity index (χ1) is 4.24. The van der Waals surface area contributed by atoms with Crippen LogP contribution in [0.4, 0.5) is 0 Å². The van der Waals surface area contributed by atoms with E-state index in [0.717, 1.165) is 15.8 Å². The van der Waals surface area contributed by atoms with Crippen molar-refractivity contribution in [1.82, 2.24) is 9.97 Å². The van der Waals surface area contributed by atoms with Crippen molar-refractivity contribution in [2.45, 2.75) is 6.92 Å². The number of hydrogen-bond donors (Lipinski definition) is 1. The molecule has 0 saturated carbocycles. The van der Waals surface area contributed by atoms with Crippen LogP contribution in [-0.2, 0) is 0 Å². The minimum Gasteiger partial charge on any atom is -0.337 e. The highest BCUT2D eigenvalue weighted by Crippen LogP contribution is 2.03. The molecule has 3 nitrogen and oxygen atoms in total. The van der Waals surface area contributed by atoms with Crippen molar-refractivity contribution >= 4 is 28.9 Å². The summed E-state index contributed by atoms with van der Waals surface area (Å²) in [6, 6.07) is 0. The summed E-state index contributed by atoms with van der Waals surface area (Å²) in [5.41, 5.74) is 1.33. The van der Waals surface area contributed by atoms with Crippen molar-refractivity contribution in [3.8, 4) is 0 Å². The van der Waals surface area contributed by atoms with Gasteiger partial charge in [0.1, 0.15) is 5.69 Å². The molecule has 0 aromatic carbocycles. The van der Waals surface area contributed by atoms with Gasteiger partial charge in [0.25, 0.3) is 0 Å². The third-order valence-corrected chi connectivity index (χ3v) is 1.52. The third kappa shape index (κ3) is 1.29. The maximum absolute atomic E-state index is 10.2. The second-order valence-corrected chi connectivity index (χ2v) is 2.68.